The Morgan fingerprint density at radius 2 is 1.94 bits per heavy atom. The number of hydrogen-bond acceptors (Lipinski definition) is 3. The maximum absolute atomic E-state index is 10.4. The molecule has 1 fully saturated rings. The van der Waals surface area contributed by atoms with Crippen molar-refractivity contribution in [2.75, 3.05) is 13.1 Å². The van der Waals surface area contributed by atoms with E-state index in [2.05, 4.69) is 33.0 Å². The number of carbonyl (C=O) groups excluding carboxylic acids is 1. The summed E-state index contributed by atoms with van der Waals surface area (Å²) in [5, 5.41) is 10.4. The molecule has 1 aliphatic heterocycles. The molecule has 0 aromatic heterocycles. The first-order valence-corrected chi connectivity index (χ1v) is 6.09. The maximum Gasteiger partial charge on any atom is 1.00 e. The predicted octanol–water partition coefficient (Wildman–Crippen LogP) is -1.98. The van der Waals surface area contributed by atoms with Gasteiger partial charge in [-0.3, -0.25) is 4.90 Å². The molecule has 17 heavy (non-hydrogen) atoms. The summed E-state index contributed by atoms with van der Waals surface area (Å²) in [6.45, 7) is 2.63. The van der Waals surface area contributed by atoms with Gasteiger partial charge in [-0.15, -0.1) is 0 Å². The number of carboxylic acids is 1. The number of benzene rings is 1. The minimum absolute atomic E-state index is 0. The Morgan fingerprint density at radius 1 is 1.35 bits per heavy atom. The third-order valence-corrected chi connectivity index (χ3v) is 3.34. The molecular formula is C12H13BrNNaO2. The number of likely N-dealkylation sites (tertiary alicyclic amines) is 1. The SMILES string of the molecule is O=C([O-])CC1CN(Cc2ccc(Br)cc2)C1.[Na+]. The Morgan fingerprint density at radius 3 is 2.47 bits per heavy atom. The molecule has 0 saturated carbocycles. The van der Waals surface area contributed by atoms with Crippen LogP contribution in [0.4, 0.5) is 0 Å². The Labute approximate surface area is 132 Å². The van der Waals surface area contributed by atoms with Gasteiger partial charge in [-0.25, -0.2) is 0 Å². The quantitative estimate of drug-likeness (QED) is 0.606. The summed E-state index contributed by atoms with van der Waals surface area (Å²) < 4.78 is 1.08. The number of halogens is 1. The van der Waals surface area contributed by atoms with Gasteiger partial charge in [-0.1, -0.05) is 28.1 Å². The summed E-state index contributed by atoms with van der Waals surface area (Å²) in [6.07, 6.45) is 0.191. The van der Waals surface area contributed by atoms with Crippen LogP contribution in [-0.2, 0) is 11.3 Å². The van der Waals surface area contributed by atoms with Crippen LogP contribution in [0.15, 0.2) is 28.7 Å². The molecule has 0 unspecified atom stereocenters. The van der Waals surface area contributed by atoms with Gasteiger partial charge in [0, 0.05) is 30.1 Å². The van der Waals surface area contributed by atoms with Crippen LogP contribution in [0.2, 0.25) is 0 Å². The first kappa shape index (κ1) is 15.2. The van der Waals surface area contributed by atoms with E-state index >= 15 is 0 Å². The molecule has 3 nitrogen and oxygen atoms in total. The molecule has 1 aliphatic rings. The average molecular weight is 306 g/mol. The fraction of sp³-hybridized carbons (Fsp3) is 0.417. The number of carboxylic acid groups (broad SMARTS) is 1. The molecule has 0 radical (unpaired) electrons. The van der Waals surface area contributed by atoms with Gasteiger partial charge in [0.05, 0.1) is 0 Å². The first-order valence-electron chi connectivity index (χ1n) is 5.30. The number of nitrogens with zero attached hydrogens (tertiary/aromatic N) is 1. The molecule has 0 aliphatic carbocycles. The van der Waals surface area contributed by atoms with Crippen LogP contribution in [0.1, 0.15) is 12.0 Å². The Balaban J connectivity index is 0.00000144. The van der Waals surface area contributed by atoms with Crippen molar-refractivity contribution in [1.82, 2.24) is 4.90 Å². The van der Waals surface area contributed by atoms with Gasteiger partial charge in [0.2, 0.25) is 0 Å². The van der Waals surface area contributed by atoms with Gasteiger partial charge in [-0.2, -0.15) is 0 Å². The molecule has 0 amide bonds. The largest absolute Gasteiger partial charge is 1.00 e. The van der Waals surface area contributed by atoms with Gasteiger partial charge in [0.25, 0.3) is 0 Å². The molecule has 0 bridgehead atoms. The van der Waals surface area contributed by atoms with Crippen LogP contribution < -0.4 is 34.7 Å². The van der Waals surface area contributed by atoms with Crippen LogP contribution in [-0.4, -0.2) is 24.0 Å². The van der Waals surface area contributed by atoms with Gasteiger partial charge >= 0.3 is 29.6 Å². The number of carbonyl (C=O) groups is 1. The fourth-order valence-corrected chi connectivity index (χ4v) is 2.28. The van der Waals surface area contributed by atoms with Crippen LogP contribution in [0.5, 0.6) is 0 Å². The van der Waals surface area contributed by atoms with E-state index in [0.29, 0.717) is 0 Å². The van der Waals surface area contributed by atoms with Crippen molar-refractivity contribution in [3.05, 3.63) is 34.3 Å². The molecule has 1 heterocycles. The normalized spacial score (nSPS) is 16.1. The summed E-state index contributed by atoms with van der Waals surface area (Å²) in [5.41, 5.74) is 1.26. The molecule has 2 rings (SSSR count). The average Bonchev–Trinajstić information content (AvgIpc) is 2.17. The molecule has 0 spiro atoms. The van der Waals surface area contributed by atoms with E-state index in [-0.39, 0.29) is 41.9 Å². The molecule has 86 valence electrons. The molecule has 0 atom stereocenters. The van der Waals surface area contributed by atoms with E-state index < -0.39 is 5.97 Å². The zero-order valence-electron chi connectivity index (χ0n) is 9.86. The van der Waals surface area contributed by atoms with E-state index in [9.17, 15) is 9.90 Å². The van der Waals surface area contributed by atoms with Gasteiger partial charge in [-0.05, 0) is 30.0 Å². The molecule has 1 saturated heterocycles. The van der Waals surface area contributed by atoms with E-state index in [4.69, 9.17) is 0 Å². The number of hydrogen-bond donors (Lipinski definition) is 0. The second-order valence-electron chi connectivity index (χ2n) is 4.26. The Bertz CT molecular complexity index is 377. The van der Waals surface area contributed by atoms with Gasteiger partial charge < -0.3 is 9.90 Å². The summed E-state index contributed by atoms with van der Waals surface area (Å²) in [7, 11) is 0. The van der Waals surface area contributed by atoms with Crippen LogP contribution in [0, 0.1) is 5.92 Å². The molecule has 5 heteroatoms. The van der Waals surface area contributed by atoms with Crippen molar-refractivity contribution in [2.45, 2.75) is 13.0 Å². The van der Waals surface area contributed by atoms with E-state index in [0.717, 1.165) is 24.1 Å². The fourth-order valence-electron chi connectivity index (χ4n) is 2.02. The van der Waals surface area contributed by atoms with Crippen molar-refractivity contribution >= 4 is 21.9 Å². The Kier molecular flexibility index (Phi) is 6.17. The maximum atomic E-state index is 10.4. The van der Waals surface area contributed by atoms with Crippen LogP contribution in [0.25, 0.3) is 0 Å². The van der Waals surface area contributed by atoms with Crippen molar-refractivity contribution in [3.8, 4) is 0 Å². The zero-order valence-corrected chi connectivity index (χ0v) is 13.4. The number of rotatable bonds is 4. The topological polar surface area (TPSA) is 43.4 Å². The van der Waals surface area contributed by atoms with Gasteiger partial charge in [0.1, 0.15) is 0 Å². The minimum atomic E-state index is -0.937. The number of aliphatic carboxylic acids is 1. The zero-order chi connectivity index (χ0) is 11.5. The molecule has 0 N–H and O–H groups in total. The predicted molar refractivity (Wildman–Crippen MR) is 62.5 cm³/mol. The second kappa shape index (κ2) is 6.90. The van der Waals surface area contributed by atoms with E-state index in [1.807, 2.05) is 12.1 Å². The minimum Gasteiger partial charge on any atom is -0.550 e. The van der Waals surface area contributed by atoms with Crippen LogP contribution >= 0.6 is 15.9 Å². The third-order valence-electron chi connectivity index (χ3n) is 2.81. The first-order chi connectivity index (χ1) is 7.63. The summed E-state index contributed by atoms with van der Waals surface area (Å²) in [4.78, 5) is 12.6. The smallest absolute Gasteiger partial charge is 0.550 e. The second-order valence-corrected chi connectivity index (χ2v) is 5.18. The summed E-state index contributed by atoms with van der Waals surface area (Å²) in [6, 6.07) is 8.20. The third kappa shape index (κ3) is 4.72. The standard InChI is InChI=1S/C12H14BrNO2.Na/c13-11-3-1-9(2-4-11)6-14-7-10(8-14)5-12(15)16;/h1-4,10H,5-8H2,(H,15,16);/q;+1/p-1. The van der Waals surface area contributed by atoms with E-state index in [1.165, 1.54) is 5.56 Å². The van der Waals surface area contributed by atoms with Crippen molar-refractivity contribution in [3.63, 3.8) is 0 Å². The molecule has 1 aromatic carbocycles. The molecular weight excluding hydrogens is 293 g/mol. The summed E-state index contributed by atoms with van der Waals surface area (Å²) >= 11 is 3.39. The summed E-state index contributed by atoms with van der Waals surface area (Å²) in [5.74, 6) is -0.659. The monoisotopic (exact) mass is 305 g/mol. The van der Waals surface area contributed by atoms with Crippen LogP contribution in [0.3, 0.4) is 0 Å². The van der Waals surface area contributed by atoms with Gasteiger partial charge in [0.15, 0.2) is 0 Å². The van der Waals surface area contributed by atoms with Crippen molar-refractivity contribution in [2.24, 2.45) is 5.92 Å². The van der Waals surface area contributed by atoms with E-state index in [1.54, 1.807) is 0 Å². The molecule has 1 aromatic rings. The van der Waals surface area contributed by atoms with Crippen molar-refractivity contribution < 1.29 is 39.5 Å². The Hall–Kier alpha value is 0.130. The van der Waals surface area contributed by atoms with Crippen molar-refractivity contribution in [1.29, 1.82) is 0 Å².